The molecule has 8 nitrogen and oxygen atoms in total. The van der Waals surface area contributed by atoms with Crippen LogP contribution in [-0.2, 0) is 5.54 Å². The maximum absolute atomic E-state index is 13.4. The number of aromatic nitrogens is 2. The zero-order valence-corrected chi connectivity index (χ0v) is 19.3. The van der Waals surface area contributed by atoms with Crippen molar-refractivity contribution in [1.82, 2.24) is 9.78 Å². The fourth-order valence-electron chi connectivity index (χ4n) is 7.30. The van der Waals surface area contributed by atoms with E-state index in [1.807, 2.05) is 0 Å². The van der Waals surface area contributed by atoms with Gasteiger partial charge in [-0.1, -0.05) is 11.6 Å². The van der Waals surface area contributed by atoms with Crippen LogP contribution < -0.4 is 15.4 Å². The average Bonchev–Trinajstić information content (AvgIpc) is 2.80. The number of hydrogen-bond donors (Lipinski definition) is 0. The van der Waals surface area contributed by atoms with Crippen LogP contribution in [0.3, 0.4) is 0 Å². The van der Waals surface area contributed by atoms with Crippen LogP contribution in [0.1, 0.15) is 38.5 Å². The second-order valence-electron chi connectivity index (χ2n) is 10.5. The van der Waals surface area contributed by atoms with Crippen molar-refractivity contribution < 1.29 is 4.92 Å². The van der Waals surface area contributed by atoms with E-state index in [4.69, 9.17) is 16.7 Å². The van der Waals surface area contributed by atoms with Crippen LogP contribution in [-0.4, -0.2) is 40.9 Å². The molecule has 1 saturated heterocycles. The molecule has 1 aromatic heterocycles. The van der Waals surface area contributed by atoms with Crippen molar-refractivity contribution in [1.29, 1.82) is 0 Å². The molecule has 0 atom stereocenters. The van der Waals surface area contributed by atoms with Crippen molar-refractivity contribution in [3.63, 3.8) is 0 Å². The molecule has 7 rings (SSSR count). The summed E-state index contributed by atoms with van der Waals surface area (Å²) < 4.78 is 1.75. The van der Waals surface area contributed by atoms with E-state index in [-0.39, 0.29) is 26.7 Å². The van der Waals surface area contributed by atoms with E-state index in [0.29, 0.717) is 18.8 Å². The molecule has 0 amide bonds. The lowest BCUT2D eigenvalue weighted by molar-refractivity contribution is -0.384. The Labute approximate surface area is 197 Å². The van der Waals surface area contributed by atoms with Gasteiger partial charge in [-0.15, -0.1) is 0 Å². The second-order valence-corrected chi connectivity index (χ2v) is 10.8. The maximum Gasteiger partial charge on any atom is 0.288 e. The summed E-state index contributed by atoms with van der Waals surface area (Å²) >= 11 is 6.68. The lowest BCUT2D eigenvalue weighted by atomic mass is 9.53. The lowest BCUT2D eigenvalue weighted by Gasteiger charge is -2.56. The Morgan fingerprint density at radius 2 is 1.48 bits per heavy atom. The van der Waals surface area contributed by atoms with Crippen LogP contribution in [0.5, 0.6) is 0 Å². The normalized spacial score (nSPS) is 30.6. The molecule has 1 aromatic carbocycles. The first-order valence-corrected chi connectivity index (χ1v) is 12.3. The molecule has 174 valence electrons. The molecule has 2 heterocycles. The van der Waals surface area contributed by atoms with Crippen molar-refractivity contribution in [3.8, 4) is 0 Å². The topological polar surface area (TPSA) is 84.5 Å². The Morgan fingerprint density at radius 1 is 0.939 bits per heavy atom. The predicted octanol–water partition coefficient (Wildman–Crippen LogP) is 4.06. The zero-order valence-electron chi connectivity index (χ0n) is 18.5. The highest BCUT2D eigenvalue weighted by Crippen LogP contribution is 2.58. The van der Waals surface area contributed by atoms with Crippen LogP contribution in [0, 0.1) is 27.9 Å². The number of rotatable bonds is 4. The Balaban J connectivity index is 1.19. The van der Waals surface area contributed by atoms with Gasteiger partial charge in [0.2, 0.25) is 0 Å². The standard InChI is InChI=1S/C24H28ClN5O3/c25-22-21(28-7-5-27(6-8-28)19-1-3-20(4-2-19)30(32)33)15-26-29(23(22)31)24-12-16-9-17(13-24)11-18(10-16)14-24/h1-4,15-18H,5-14H2. The Kier molecular flexibility index (Phi) is 4.90. The monoisotopic (exact) mass is 469 g/mol. The van der Waals surface area contributed by atoms with Gasteiger partial charge in [0.05, 0.1) is 22.3 Å². The molecule has 9 heteroatoms. The van der Waals surface area contributed by atoms with E-state index < -0.39 is 0 Å². The third-order valence-electron chi connectivity index (χ3n) is 8.40. The number of nitro groups is 1. The van der Waals surface area contributed by atoms with Crippen LogP contribution in [0.2, 0.25) is 5.02 Å². The molecule has 0 N–H and O–H groups in total. The van der Waals surface area contributed by atoms with Crippen LogP contribution in [0.25, 0.3) is 0 Å². The molecule has 5 aliphatic rings. The Bertz CT molecular complexity index is 1100. The van der Waals surface area contributed by atoms with Crippen LogP contribution in [0.4, 0.5) is 17.1 Å². The summed E-state index contributed by atoms with van der Waals surface area (Å²) in [5.41, 5.74) is 1.49. The van der Waals surface area contributed by atoms with E-state index in [0.717, 1.165) is 55.8 Å². The first kappa shape index (κ1) is 21.0. The van der Waals surface area contributed by atoms with E-state index in [1.165, 1.54) is 31.4 Å². The quantitative estimate of drug-likeness (QED) is 0.496. The summed E-state index contributed by atoms with van der Waals surface area (Å²) in [7, 11) is 0. The van der Waals surface area contributed by atoms with Crippen molar-refractivity contribution in [3.05, 3.63) is 56.0 Å². The summed E-state index contributed by atoms with van der Waals surface area (Å²) in [6, 6.07) is 6.64. The molecule has 4 bridgehead atoms. The first-order chi connectivity index (χ1) is 15.9. The van der Waals surface area contributed by atoms with Crippen molar-refractivity contribution in [2.45, 2.75) is 44.1 Å². The summed E-state index contributed by atoms with van der Waals surface area (Å²) in [6.07, 6.45) is 8.95. The molecule has 5 fully saturated rings. The van der Waals surface area contributed by atoms with E-state index >= 15 is 0 Å². The number of anilines is 2. The molecule has 0 unspecified atom stereocenters. The third-order valence-corrected chi connectivity index (χ3v) is 8.76. The van der Waals surface area contributed by atoms with E-state index in [9.17, 15) is 14.9 Å². The minimum atomic E-state index is -0.387. The van der Waals surface area contributed by atoms with Gasteiger partial charge in [-0.25, -0.2) is 4.68 Å². The van der Waals surface area contributed by atoms with E-state index in [2.05, 4.69) is 9.80 Å². The van der Waals surface area contributed by atoms with Crippen molar-refractivity contribution in [2.24, 2.45) is 17.8 Å². The van der Waals surface area contributed by atoms with Crippen molar-refractivity contribution in [2.75, 3.05) is 36.0 Å². The third kappa shape index (κ3) is 3.50. The van der Waals surface area contributed by atoms with Gasteiger partial charge in [-0.2, -0.15) is 5.10 Å². The predicted molar refractivity (Wildman–Crippen MR) is 127 cm³/mol. The number of non-ortho nitro benzene ring substituents is 1. The Hall–Kier alpha value is -2.61. The van der Waals surface area contributed by atoms with Gasteiger partial charge >= 0.3 is 0 Å². The summed E-state index contributed by atoms with van der Waals surface area (Å²) in [6.45, 7) is 2.90. The molecular weight excluding hydrogens is 442 g/mol. The highest BCUT2D eigenvalue weighted by Gasteiger charge is 2.53. The Morgan fingerprint density at radius 3 is 2.03 bits per heavy atom. The van der Waals surface area contributed by atoms with E-state index in [1.54, 1.807) is 23.0 Å². The summed E-state index contributed by atoms with van der Waals surface area (Å²) in [5.74, 6) is 2.20. The minimum absolute atomic E-state index is 0.0924. The van der Waals surface area contributed by atoms with Gasteiger partial charge in [-0.3, -0.25) is 14.9 Å². The van der Waals surface area contributed by atoms with Gasteiger partial charge in [-0.05, 0) is 68.4 Å². The largest absolute Gasteiger partial charge is 0.368 e. The zero-order chi connectivity index (χ0) is 22.7. The molecule has 33 heavy (non-hydrogen) atoms. The minimum Gasteiger partial charge on any atom is -0.368 e. The molecule has 4 aliphatic carbocycles. The fourth-order valence-corrected chi connectivity index (χ4v) is 7.55. The highest BCUT2D eigenvalue weighted by molar-refractivity contribution is 6.33. The van der Waals surface area contributed by atoms with Crippen LogP contribution >= 0.6 is 11.6 Å². The summed E-state index contributed by atoms with van der Waals surface area (Å²) in [5, 5.41) is 15.9. The van der Waals surface area contributed by atoms with Gasteiger partial charge < -0.3 is 9.80 Å². The second kappa shape index (κ2) is 7.72. The smallest absolute Gasteiger partial charge is 0.288 e. The number of hydrogen-bond acceptors (Lipinski definition) is 6. The van der Waals surface area contributed by atoms with Crippen molar-refractivity contribution >= 4 is 28.7 Å². The van der Waals surface area contributed by atoms with Gasteiger partial charge in [0.1, 0.15) is 5.02 Å². The number of piperazine rings is 1. The summed E-state index contributed by atoms with van der Waals surface area (Å²) in [4.78, 5) is 28.2. The molecule has 0 spiro atoms. The molecule has 4 saturated carbocycles. The molecule has 1 aliphatic heterocycles. The number of nitro benzene ring substituents is 1. The lowest BCUT2D eigenvalue weighted by Crippen LogP contribution is -2.55. The average molecular weight is 470 g/mol. The first-order valence-electron chi connectivity index (χ1n) is 11.9. The van der Waals surface area contributed by atoms with Gasteiger partial charge in [0, 0.05) is 44.0 Å². The number of nitrogens with zero attached hydrogens (tertiary/aromatic N) is 5. The fraction of sp³-hybridized carbons (Fsp3) is 0.583. The van der Waals surface area contributed by atoms with Crippen LogP contribution in [0.15, 0.2) is 35.3 Å². The SMILES string of the molecule is O=c1c(Cl)c(N2CCN(c3ccc([N+](=O)[O-])cc3)CC2)cnn1C12CC3CC(CC(C3)C1)C2. The van der Waals surface area contributed by atoms with Gasteiger partial charge in [0.15, 0.2) is 0 Å². The maximum atomic E-state index is 13.4. The van der Waals surface area contributed by atoms with Gasteiger partial charge in [0.25, 0.3) is 11.2 Å². The molecule has 0 radical (unpaired) electrons. The highest BCUT2D eigenvalue weighted by atomic mass is 35.5. The molecule has 2 aromatic rings. The number of benzene rings is 1. The molecular formula is C24H28ClN5O3. The number of halogens is 1.